The summed E-state index contributed by atoms with van der Waals surface area (Å²) < 4.78 is 37.1. The molecule has 1 unspecified atom stereocenters. The van der Waals surface area contributed by atoms with Gasteiger partial charge in [-0.2, -0.15) is 13.2 Å². The maximum absolute atomic E-state index is 12.4. The largest absolute Gasteiger partial charge is 0.405 e. The molecule has 0 fully saturated rings. The normalized spacial score (nSPS) is 14.1. The Morgan fingerprint density at radius 3 is 2.07 bits per heavy atom. The van der Waals surface area contributed by atoms with Gasteiger partial charge in [0.2, 0.25) is 0 Å². The van der Waals surface area contributed by atoms with Crippen molar-refractivity contribution in [1.82, 2.24) is 0 Å². The SMILES string of the molecule is FC(F)(F)C(Br)c1ccc(Cl)c(Cl)c1Cl. The number of benzene rings is 1. The molecule has 1 aromatic carbocycles. The van der Waals surface area contributed by atoms with Crippen molar-refractivity contribution in [1.29, 1.82) is 0 Å². The Morgan fingerprint density at radius 1 is 1.07 bits per heavy atom. The summed E-state index contributed by atoms with van der Waals surface area (Å²) in [5.41, 5.74) is -0.154. The van der Waals surface area contributed by atoms with Crippen LogP contribution in [0.1, 0.15) is 10.4 Å². The Labute approximate surface area is 107 Å². The van der Waals surface area contributed by atoms with E-state index in [1.165, 1.54) is 12.1 Å². The standard InChI is InChI=1S/C8H3BrCl3F3/c9-7(8(13,14)15)3-1-2-4(10)6(12)5(3)11/h1-2,7H. The zero-order valence-electron chi connectivity index (χ0n) is 6.88. The lowest BCUT2D eigenvalue weighted by molar-refractivity contribution is -0.128. The van der Waals surface area contributed by atoms with Gasteiger partial charge in [0, 0.05) is 0 Å². The van der Waals surface area contributed by atoms with Gasteiger partial charge in [-0.15, -0.1) is 0 Å². The number of alkyl halides is 4. The van der Waals surface area contributed by atoms with Crippen LogP contribution in [0, 0.1) is 0 Å². The molecular formula is C8H3BrCl3F3. The predicted octanol–water partition coefficient (Wildman–Crippen LogP) is 5.65. The Kier molecular flexibility index (Phi) is 4.20. The van der Waals surface area contributed by atoms with Gasteiger partial charge in [-0.25, -0.2) is 0 Å². The van der Waals surface area contributed by atoms with Gasteiger partial charge in [0.25, 0.3) is 0 Å². The second-order valence-corrected chi connectivity index (χ2v) is 4.75. The number of halogens is 7. The van der Waals surface area contributed by atoms with Crippen LogP contribution < -0.4 is 0 Å². The average Bonchev–Trinajstić information content (AvgIpc) is 2.12. The third-order valence-electron chi connectivity index (χ3n) is 1.63. The molecule has 0 saturated carbocycles. The highest BCUT2D eigenvalue weighted by molar-refractivity contribution is 9.09. The molecule has 1 atom stereocenters. The molecule has 0 bridgehead atoms. The molecule has 1 rings (SSSR count). The van der Waals surface area contributed by atoms with E-state index in [1.807, 2.05) is 0 Å². The molecule has 0 N–H and O–H groups in total. The van der Waals surface area contributed by atoms with E-state index in [2.05, 4.69) is 15.9 Å². The van der Waals surface area contributed by atoms with E-state index in [0.29, 0.717) is 0 Å². The first-order valence-corrected chi connectivity index (χ1v) is 5.64. The summed E-state index contributed by atoms with van der Waals surface area (Å²) in [5.74, 6) is 0. The molecule has 0 spiro atoms. The number of hydrogen-bond donors (Lipinski definition) is 0. The van der Waals surface area contributed by atoms with E-state index in [9.17, 15) is 13.2 Å². The van der Waals surface area contributed by atoms with Gasteiger partial charge < -0.3 is 0 Å². The van der Waals surface area contributed by atoms with Crippen molar-refractivity contribution in [3.8, 4) is 0 Å². The lowest BCUT2D eigenvalue weighted by Gasteiger charge is -2.16. The molecule has 0 heterocycles. The second kappa shape index (κ2) is 4.70. The van der Waals surface area contributed by atoms with Crippen LogP contribution in [0.3, 0.4) is 0 Å². The fourth-order valence-electron chi connectivity index (χ4n) is 0.913. The first kappa shape index (κ1) is 13.4. The smallest absolute Gasteiger partial charge is 0.169 e. The van der Waals surface area contributed by atoms with Crippen LogP contribution in [-0.4, -0.2) is 6.18 Å². The Balaban J connectivity index is 3.23. The van der Waals surface area contributed by atoms with Crippen molar-refractivity contribution < 1.29 is 13.2 Å². The molecule has 0 nitrogen and oxygen atoms in total. The Morgan fingerprint density at radius 2 is 1.60 bits per heavy atom. The van der Waals surface area contributed by atoms with Crippen molar-refractivity contribution in [3.05, 3.63) is 32.8 Å². The molecule has 0 aliphatic heterocycles. The van der Waals surface area contributed by atoms with Crippen molar-refractivity contribution in [2.45, 2.75) is 11.0 Å². The summed E-state index contributed by atoms with van der Waals surface area (Å²) in [6.07, 6.45) is -4.43. The topological polar surface area (TPSA) is 0 Å². The van der Waals surface area contributed by atoms with E-state index in [1.54, 1.807) is 0 Å². The van der Waals surface area contributed by atoms with Crippen LogP contribution in [0.2, 0.25) is 15.1 Å². The lowest BCUT2D eigenvalue weighted by atomic mass is 10.1. The van der Waals surface area contributed by atoms with Crippen molar-refractivity contribution in [3.63, 3.8) is 0 Å². The number of rotatable bonds is 1. The summed E-state index contributed by atoms with van der Waals surface area (Å²) in [4.78, 5) is -1.85. The van der Waals surface area contributed by atoms with E-state index in [-0.39, 0.29) is 20.6 Å². The van der Waals surface area contributed by atoms with Gasteiger partial charge in [0.15, 0.2) is 0 Å². The van der Waals surface area contributed by atoms with Crippen molar-refractivity contribution in [2.75, 3.05) is 0 Å². The molecule has 15 heavy (non-hydrogen) atoms. The van der Waals surface area contributed by atoms with Crippen LogP contribution in [0.15, 0.2) is 12.1 Å². The molecule has 0 radical (unpaired) electrons. The summed E-state index contributed by atoms with van der Waals surface area (Å²) in [6, 6.07) is 2.45. The Bertz CT molecular complexity index is 378. The molecule has 0 aromatic heterocycles. The predicted molar refractivity (Wildman–Crippen MR) is 59.2 cm³/mol. The van der Waals surface area contributed by atoms with E-state index < -0.39 is 11.0 Å². The maximum Gasteiger partial charge on any atom is 0.405 e. The minimum absolute atomic E-state index is 0.0791. The minimum atomic E-state index is -4.43. The van der Waals surface area contributed by atoms with Crippen LogP contribution in [0.4, 0.5) is 13.2 Å². The fourth-order valence-corrected chi connectivity index (χ4v) is 2.08. The first-order valence-electron chi connectivity index (χ1n) is 3.59. The molecule has 0 saturated heterocycles. The fraction of sp³-hybridized carbons (Fsp3) is 0.250. The van der Waals surface area contributed by atoms with Crippen LogP contribution in [0.25, 0.3) is 0 Å². The molecule has 84 valence electrons. The van der Waals surface area contributed by atoms with Gasteiger partial charge in [0.05, 0.1) is 15.1 Å². The highest BCUT2D eigenvalue weighted by Gasteiger charge is 2.40. The third kappa shape index (κ3) is 2.93. The van der Waals surface area contributed by atoms with E-state index >= 15 is 0 Å². The quantitative estimate of drug-likeness (QED) is 0.457. The molecule has 1 aromatic rings. The summed E-state index contributed by atoms with van der Waals surface area (Å²) in [6.45, 7) is 0. The monoisotopic (exact) mass is 340 g/mol. The lowest BCUT2D eigenvalue weighted by Crippen LogP contribution is -2.15. The van der Waals surface area contributed by atoms with Crippen molar-refractivity contribution >= 4 is 50.7 Å². The highest BCUT2D eigenvalue weighted by Crippen LogP contribution is 2.45. The van der Waals surface area contributed by atoms with Gasteiger partial charge >= 0.3 is 6.18 Å². The average molecular weight is 342 g/mol. The van der Waals surface area contributed by atoms with Crippen molar-refractivity contribution in [2.24, 2.45) is 0 Å². The van der Waals surface area contributed by atoms with Gasteiger partial charge in [-0.1, -0.05) is 56.8 Å². The minimum Gasteiger partial charge on any atom is -0.169 e. The molecule has 0 amide bonds. The molecular weight excluding hydrogens is 339 g/mol. The summed E-state index contributed by atoms with van der Waals surface area (Å²) >= 11 is 19.4. The molecule has 0 aliphatic carbocycles. The zero-order chi connectivity index (χ0) is 11.8. The van der Waals surface area contributed by atoms with Crippen LogP contribution >= 0.6 is 50.7 Å². The third-order valence-corrected chi connectivity index (χ3v) is 3.95. The first-order chi connectivity index (χ1) is 6.75. The van der Waals surface area contributed by atoms with Gasteiger partial charge in [0.1, 0.15) is 4.83 Å². The zero-order valence-corrected chi connectivity index (χ0v) is 10.7. The summed E-state index contributed by atoms with van der Waals surface area (Å²) in [7, 11) is 0. The maximum atomic E-state index is 12.4. The van der Waals surface area contributed by atoms with Gasteiger partial charge in [-0.3, -0.25) is 0 Å². The highest BCUT2D eigenvalue weighted by atomic mass is 79.9. The Hall–Kier alpha value is 0.360. The summed E-state index contributed by atoms with van der Waals surface area (Å²) in [5, 5.41) is -0.153. The molecule has 0 aliphatic rings. The molecule has 7 heteroatoms. The van der Waals surface area contributed by atoms with E-state index in [4.69, 9.17) is 34.8 Å². The van der Waals surface area contributed by atoms with Gasteiger partial charge in [-0.05, 0) is 11.6 Å². The second-order valence-electron chi connectivity index (χ2n) is 2.67. The van der Waals surface area contributed by atoms with Crippen LogP contribution in [0.5, 0.6) is 0 Å². The van der Waals surface area contributed by atoms with Crippen LogP contribution in [-0.2, 0) is 0 Å². The van der Waals surface area contributed by atoms with E-state index in [0.717, 1.165) is 0 Å². The number of hydrogen-bond acceptors (Lipinski definition) is 0.